The standard InChI is InChI=1S/C60H105N3O3Si3/c1-16-28-49(43-58(13,34-22-7)35-23-8)40-52(31-19-4)67-46-61-55(64)62(47-68-53(32-20-5)41-50(29-17-2)44-59(14,36-24-9)37-25-10)57(66)63(56(61)65)48-69-54(33-21-6)42-51(30-18-3)45-60(15,38-26-11)39-27-12/h16-21,49-54H,1-6,22-48H2,7-15H3. The summed E-state index contributed by atoms with van der Waals surface area (Å²) < 4.78 is 4.29. The first-order valence-corrected chi connectivity index (χ1v) is 31.6. The maximum Gasteiger partial charge on any atom is 0.335 e. The lowest BCUT2D eigenvalue weighted by atomic mass is 9.72. The molecule has 0 fully saturated rings. The topological polar surface area (TPSA) is 66.0 Å². The third-order valence-electron chi connectivity index (χ3n) is 15.2. The highest BCUT2D eigenvalue weighted by Crippen LogP contribution is 2.43. The number of hydrogen-bond donors (Lipinski definition) is 0. The average Bonchev–Trinajstić information content (AvgIpc) is 3.26. The average molecular weight is 1000 g/mol. The molecule has 0 N–H and O–H groups in total. The highest BCUT2D eigenvalue weighted by atomic mass is 28.2. The molecule has 0 saturated heterocycles. The second kappa shape index (κ2) is 35.6. The van der Waals surface area contributed by atoms with Crippen LogP contribution in [0.5, 0.6) is 0 Å². The molecule has 9 heteroatoms. The second-order valence-electron chi connectivity index (χ2n) is 22.3. The Balaban J connectivity index is 3.85. The zero-order chi connectivity index (χ0) is 51.9. The van der Waals surface area contributed by atoms with Gasteiger partial charge in [0.2, 0.25) is 0 Å². The van der Waals surface area contributed by atoms with E-state index in [4.69, 9.17) is 0 Å². The highest BCUT2D eigenvalue weighted by Gasteiger charge is 2.31. The Bertz CT molecular complexity index is 1560. The van der Waals surface area contributed by atoms with Crippen molar-refractivity contribution in [1.82, 2.24) is 13.7 Å². The van der Waals surface area contributed by atoms with Crippen molar-refractivity contribution in [2.45, 2.75) is 252 Å². The fraction of sp³-hybridized carbons (Fsp3) is 0.750. The van der Waals surface area contributed by atoms with E-state index in [1.165, 1.54) is 90.8 Å². The van der Waals surface area contributed by atoms with Gasteiger partial charge in [0.1, 0.15) is 0 Å². The van der Waals surface area contributed by atoms with Gasteiger partial charge >= 0.3 is 17.1 Å². The van der Waals surface area contributed by atoms with Crippen molar-refractivity contribution >= 4 is 28.6 Å². The summed E-state index contributed by atoms with van der Waals surface area (Å²) in [5.41, 5.74) is 0.293. The molecule has 0 spiro atoms. The Morgan fingerprint density at radius 3 is 0.768 bits per heavy atom. The lowest BCUT2D eigenvalue weighted by molar-refractivity contribution is 0.192. The van der Waals surface area contributed by atoms with Gasteiger partial charge in [0.05, 0.1) is 28.6 Å². The first-order valence-electron chi connectivity index (χ1n) is 27.8. The SMILES string of the molecule is C=CCC(CC(CC=C)[Si]Cn1c(=O)n(C[Si]C(CC=C)CC(CC=C)CC(C)(CCC)CCC)c(=O)n(C[Si]C(CC=C)CC(CC=C)CC(C)(CCC)CCC)c1=O)CC(C)(CCC)CCC. The molecule has 1 aromatic rings. The van der Waals surface area contributed by atoms with Crippen LogP contribution in [0.25, 0.3) is 0 Å². The zero-order valence-electron chi connectivity index (χ0n) is 46.3. The van der Waals surface area contributed by atoms with Crippen LogP contribution >= 0.6 is 0 Å². The van der Waals surface area contributed by atoms with Crippen molar-refractivity contribution in [2.24, 2.45) is 34.0 Å². The normalized spacial score (nSPS) is 14.9. The summed E-state index contributed by atoms with van der Waals surface area (Å²) in [4.78, 5) is 44.2. The summed E-state index contributed by atoms with van der Waals surface area (Å²) in [6, 6.07) is 0. The molecule has 0 aliphatic rings. The number of nitrogens with zero attached hydrogens (tertiary/aromatic N) is 3. The van der Waals surface area contributed by atoms with Crippen LogP contribution in [-0.4, -0.2) is 42.3 Å². The van der Waals surface area contributed by atoms with Gasteiger partial charge in [-0.05, 0) is 166 Å². The smallest absolute Gasteiger partial charge is 0.249 e. The Morgan fingerprint density at radius 1 is 0.391 bits per heavy atom. The summed E-state index contributed by atoms with van der Waals surface area (Å²) in [6.45, 7) is 46.0. The molecule has 0 bridgehead atoms. The van der Waals surface area contributed by atoms with E-state index in [0.717, 1.165) is 77.0 Å². The highest BCUT2D eigenvalue weighted by molar-refractivity contribution is 6.37. The van der Waals surface area contributed by atoms with E-state index in [2.05, 4.69) is 120 Å². The maximum absolute atomic E-state index is 14.7. The van der Waals surface area contributed by atoms with Crippen molar-refractivity contribution in [1.29, 1.82) is 0 Å². The van der Waals surface area contributed by atoms with Crippen LogP contribution in [0.3, 0.4) is 0 Å². The van der Waals surface area contributed by atoms with Gasteiger partial charge in [-0.15, -0.1) is 39.5 Å². The van der Waals surface area contributed by atoms with E-state index in [-0.39, 0.29) is 32.9 Å². The summed E-state index contributed by atoms with van der Waals surface area (Å²) in [5.74, 6) is 1.40. The molecule has 6 atom stereocenters. The second-order valence-corrected chi connectivity index (χ2v) is 26.9. The van der Waals surface area contributed by atoms with E-state index >= 15 is 0 Å². The minimum Gasteiger partial charge on any atom is -0.249 e. The molecule has 1 heterocycles. The third-order valence-corrected chi connectivity index (χ3v) is 19.8. The first-order chi connectivity index (χ1) is 33.0. The van der Waals surface area contributed by atoms with E-state index in [9.17, 15) is 14.4 Å². The fourth-order valence-corrected chi connectivity index (χ4v) is 17.2. The molecule has 6 radical (unpaired) electrons. The molecule has 6 unspecified atom stereocenters. The maximum atomic E-state index is 14.7. The van der Waals surface area contributed by atoms with Gasteiger partial charge in [-0.2, -0.15) is 0 Å². The summed E-state index contributed by atoms with van der Waals surface area (Å²) in [6.07, 6.45) is 39.2. The minimum absolute atomic E-state index is 0.276. The van der Waals surface area contributed by atoms with Crippen LogP contribution in [0.15, 0.2) is 90.3 Å². The predicted octanol–water partition coefficient (Wildman–Crippen LogP) is 16.0. The van der Waals surface area contributed by atoms with E-state index < -0.39 is 17.1 Å². The van der Waals surface area contributed by atoms with Gasteiger partial charge in [-0.1, -0.05) is 137 Å². The van der Waals surface area contributed by atoms with Crippen molar-refractivity contribution < 1.29 is 0 Å². The molecule has 0 saturated carbocycles. The number of rotatable bonds is 45. The third kappa shape index (κ3) is 23.7. The van der Waals surface area contributed by atoms with Crippen molar-refractivity contribution in [3.05, 3.63) is 107 Å². The van der Waals surface area contributed by atoms with Crippen molar-refractivity contribution in [3.63, 3.8) is 0 Å². The van der Waals surface area contributed by atoms with Crippen LogP contribution in [0, 0.1) is 34.0 Å². The van der Waals surface area contributed by atoms with Gasteiger partial charge in [-0.3, -0.25) is 0 Å². The Labute approximate surface area is 433 Å². The van der Waals surface area contributed by atoms with E-state index in [0.29, 0.717) is 64.8 Å². The van der Waals surface area contributed by atoms with Crippen molar-refractivity contribution in [2.75, 3.05) is 0 Å². The predicted molar refractivity (Wildman–Crippen MR) is 309 cm³/mol. The van der Waals surface area contributed by atoms with Crippen LogP contribution in [-0.2, 0) is 18.5 Å². The van der Waals surface area contributed by atoms with Gasteiger partial charge in [0, 0.05) is 18.5 Å². The van der Waals surface area contributed by atoms with Gasteiger partial charge in [0.25, 0.3) is 0 Å². The molecule has 1 aromatic heterocycles. The monoisotopic (exact) mass is 1000 g/mol. The van der Waals surface area contributed by atoms with Gasteiger partial charge in [-0.25, -0.2) is 28.1 Å². The molecule has 1 rings (SSSR count). The van der Waals surface area contributed by atoms with Crippen LogP contribution in [0.1, 0.15) is 216 Å². The Morgan fingerprint density at radius 2 is 0.594 bits per heavy atom. The number of aromatic nitrogens is 3. The molecular formula is C60H105N3O3Si3. The lowest BCUT2D eigenvalue weighted by Gasteiger charge is -2.34. The van der Waals surface area contributed by atoms with E-state index in [1.807, 2.05) is 18.2 Å². The van der Waals surface area contributed by atoms with Crippen LogP contribution in [0.4, 0.5) is 0 Å². The molecule has 0 amide bonds. The van der Waals surface area contributed by atoms with Gasteiger partial charge < -0.3 is 0 Å². The molecule has 0 aliphatic heterocycles. The largest absolute Gasteiger partial charge is 0.335 e. The molecule has 0 aromatic carbocycles. The lowest BCUT2D eigenvalue weighted by Crippen LogP contribution is -2.56. The summed E-state index contributed by atoms with van der Waals surface area (Å²) in [7, 11) is 1.01. The molecule has 69 heavy (non-hydrogen) atoms. The number of hydrogen-bond acceptors (Lipinski definition) is 3. The van der Waals surface area contributed by atoms with Gasteiger partial charge in [0.15, 0.2) is 0 Å². The Hall–Kier alpha value is -2.50. The number of allylic oxidation sites excluding steroid dienone is 6. The summed E-state index contributed by atoms with van der Waals surface area (Å²) in [5, 5.41) is 0. The summed E-state index contributed by atoms with van der Waals surface area (Å²) >= 11 is 0. The van der Waals surface area contributed by atoms with Crippen LogP contribution in [0.2, 0.25) is 16.6 Å². The first kappa shape index (κ1) is 64.5. The Kier molecular flexibility index (Phi) is 33.3. The fourth-order valence-electron chi connectivity index (χ4n) is 12.5. The van der Waals surface area contributed by atoms with Crippen LogP contribution < -0.4 is 17.1 Å². The quantitative estimate of drug-likeness (QED) is 0.0483. The molecule has 6 nitrogen and oxygen atoms in total. The van der Waals surface area contributed by atoms with Crippen molar-refractivity contribution in [3.8, 4) is 0 Å². The molecular weight excluding hydrogens is 895 g/mol. The minimum atomic E-state index is -0.457. The van der Waals surface area contributed by atoms with E-state index in [1.54, 1.807) is 0 Å². The molecule has 0 aliphatic carbocycles. The zero-order valence-corrected chi connectivity index (χ0v) is 49.3. The molecule has 390 valence electrons.